The average Bonchev–Trinajstić information content (AvgIpc) is 2.60. The summed E-state index contributed by atoms with van der Waals surface area (Å²) in [4.78, 5) is 12.5. The zero-order valence-electron chi connectivity index (χ0n) is 15.2. The zero-order chi connectivity index (χ0) is 19.2. The van der Waals surface area contributed by atoms with Crippen LogP contribution in [0.2, 0.25) is 0 Å². The first-order valence-electron chi connectivity index (χ1n) is 8.30. The van der Waals surface area contributed by atoms with E-state index in [1.807, 2.05) is 24.3 Å². The van der Waals surface area contributed by atoms with Crippen LogP contribution in [0.25, 0.3) is 0 Å². The van der Waals surface area contributed by atoms with Crippen LogP contribution in [0.15, 0.2) is 53.4 Å². The number of sulfonamides is 1. The summed E-state index contributed by atoms with van der Waals surface area (Å²) >= 11 is 0. The normalized spacial score (nSPS) is 11.5. The van der Waals surface area contributed by atoms with Crippen LogP contribution in [0.3, 0.4) is 0 Å². The number of benzene rings is 2. The number of hydrogen-bond donors (Lipinski definition) is 2. The number of carbonyl (C=O) groups is 1. The monoisotopic (exact) mass is 376 g/mol. The summed E-state index contributed by atoms with van der Waals surface area (Å²) in [5.74, 6) is -0.334. The molecule has 0 aliphatic rings. The van der Waals surface area contributed by atoms with Crippen LogP contribution in [-0.4, -0.2) is 27.5 Å². The Hall–Kier alpha value is -2.22. The minimum absolute atomic E-state index is 0.0682. The highest BCUT2D eigenvalue weighted by molar-refractivity contribution is 7.89. The fraction of sp³-hybridized carbons (Fsp3) is 0.316. The van der Waals surface area contributed by atoms with E-state index in [1.165, 1.54) is 12.1 Å². The van der Waals surface area contributed by atoms with Crippen molar-refractivity contribution in [2.24, 2.45) is 0 Å². The van der Waals surface area contributed by atoms with Crippen LogP contribution < -0.4 is 10.0 Å². The molecule has 0 bridgehead atoms. The maximum absolute atomic E-state index is 12.4. The number of amides is 1. The molecule has 0 saturated carbocycles. The predicted molar refractivity (Wildman–Crippen MR) is 100 cm³/mol. The molecular weight excluding hydrogens is 352 g/mol. The predicted octanol–water partition coefficient (Wildman–Crippen LogP) is 2.45. The first kappa shape index (κ1) is 20.1. The molecule has 0 heterocycles. The Labute approximate surface area is 154 Å². The Morgan fingerprint density at radius 2 is 1.77 bits per heavy atom. The lowest BCUT2D eigenvalue weighted by molar-refractivity contribution is 0.0950. The summed E-state index contributed by atoms with van der Waals surface area (Å²) in [6.45, 7) is 4.28. The second-order valence-corrected chi connectivity index (χ2v) is 7.90. The van der Waals surface area contributed by atoms with Crippen molar-refractivity contribution in [3.05, 3.63) is 65.2 Å². The van der Waals surface area contributed by atoms with Gasteiger partial charge in [0.25, 0.3) is 5.91 Å². The highest BCUT2D eigenvalue weighted by Gasteiger charge is 2.17. The van der Waals surface area contributed by atoms with Gasteiger partial charge in [-0.15, -0.1) is 0 Å². The maximum Gasteiger partial charge on any atom is 0.251 e. The third kappa shape index (κ3) is 5.39. The van der Waals surface area contributed by atoms with Crippen molar-refractivity contribution in [1.82, 2.24) is 10.0 Å². The number of hydrogen-bond acceptors (Lipinski definition) is 4. The van der Waals surface area contributed by atoms with E-state index in [4.69, 9.17) is 4.74 Å². The standard InChI is InChI=1S/C19H24N2O4S/c1-14(2)21-26(23,24)18-10-6-9-15(11-18)19(22)20-12-16-7-4-5-8-17(16)13-25-3/h4-11,14,21H,12-13H2,1-3H3,(H,20,22). The van der Waals surface area contributed by atoms with Crippen LogP contribution in [-0.2, 0) is 27.9 Å². The van der Waals surface area contributed by atoms with Gasteiger partial charge < -0.3 is 10.1 Å². The Morgan fingerprint density at radius 1 is 1.08 bits per heavy atom. The lowest BCUT2D eigenvalue weighted by atomic mass is 10.1. The van der Waals surface area contributed by atoms with Crippen molar-refractivity contribution in [3.63, 3.8) is 0 Å². The summed E-state index contributed by atoms with van der Waals surface area (Å²) in [5, 5.41) is 2.82. The largest absolute Gasteiger partial charge is 0.380 e. The van der Waals surface area contributed by atoms with Crippen LogP contribution >= 0.6 is 0 Å². The number of nitrogens with one attached hydrogen (secondary N) is 2. The fourth-order valence-electron chi connectivity index (χ4n) is 2.49. The summed E-state index contributed by atoms with van der Waals surface area (Å²) in [7, 11) is -2.03. The van der Waals surface area contributed by atoms with E-state index >= 15 is 0 Å². The van der Waals surface area contributed by atoms with Gasteiger partial charge in [-0.1, -0.05) is 30.3 Å². The molecule has 6 nitrogen and oxygen atoms in total. The molecule has 2 rings (SSSR count). The van der Waals surface area contributed by atoms with Gasteiger partial charge in [-0.2, -0.15) is 0 Å². The summed E-state index contributed by atoms with van der Waals surface area (Å²) in [6, 6.07) is 13.4. The second-order valence-electron chi connectivity index (χ2n) is 6.19. The Morgan fingerprint density at radius 3 is 2.42 bits per heavy atom. The molecule has 1 amide bonds. The van der Waals surface area contributed by atoms with E-state index < -0.39 is 10.0 Å². The van der Waals surface area contributed by atoms with Crippen molar-refractivity contribution in [3.8, 4) is 0 Å². The molecule has 26 heavy (non-hydrogen) atoms. The van der Waals surface area contributed by atoms with Crippen molar-refractivity contribution in [2.75, 3.05) is 7.11 Å². The quantitative estimate of drug-likeness (QED) is 0.741. The van der Waals surface area contributed by atoms with Gasteiger partial charge in [-0.3, -0.25) is 4.79 Å². The molecule has 0 fully saturated rings. The van der Waals surface area contributed by atoms with Crippen molar-refractivity contribution >= 4 is 15.9 Å². The van der Waals surface area contributed by atoms with Crippen molar-refractivity contribution in [2.45, 2.75) is 37.9 Å². The van der Waals surface area contributed by atoms with Gasteiger partial charge in [0.15, 0.2) is 0 Å². The maximum atomic E-state index is 12.4. The molecule has 0 radical (unpaired) electrons. The van der Waals surface area contributed by atoms with Gasteiger partial charge in [-0.25, -0.2) is 13.1 Å². The third-order valence-corrected chi connectivity index (χ3v) is 5.31. The van der Waals surface area contributed by atoms with Gasteiger partial charge in [0, 0.05) is 25.3 Å². The number of ether oxygens (including phenoxy) is 1. The zero-order valence-corrected chi connectivity index (χ0v) is 16.0. The lowest BCUT2D eigenvalue weighted by Gasteiger charge is -2.12. The topological polar surface area (TPSA) is 84.5 Å². The van der Waals surface area contributed by atoms with E-state index in [0.717, 1.165) is 11.1 Å². The van der Waals surface area contributed by atoms with Gasteiger partial charge in [-0.05, 0) is 43.2 Å². The van der Waals surface area contributed by atoms with E-state index in [-0.39, 0.29) is 16.8 Å². The molecule has 0 aliphatic carbocycles. The lowest BCUT2D eigenvalue weighted by Crippen LogP contribution is -2.30. The first-order chi connectivity index (χ1) is 12.3. The molecular formula is C19H24N2O4S. The van der Waals surface area contributed by atoms with Crippen LogP contribution in [0.4, 0.5) is 0 Å². The highest BCUT2D eigenvalue weighted by Crippen LogP contribution is 2.13. The van der Waals surface area contributed by atoms with E-state index in [1.54, 1.807) is 33.1 Å². The molecule has 2 N–H and O–H groups in total. The summed E-state index contributed by atoms with van der Waals surface area (Å²) < 4.78 is 32.2. The number of methoxy groups -OCH3 is 1. The Bertz CT molecular complexity index is 863. The number of rotatable bonds is 8. The highest BCUT2D eigenvalue weighted by atomic mass is 32.2. The molecule has 0 saturated heterocycles. The van der Waals surface area contributed by atoms with Gasteiger partial charge in [0.2, 0.25) is 10.0 Å². The first-order valence-corrected chi connectivity index (χ1v) is 9.78. The third-order valence-electron chi connectivity index (χ3n) is 3.66. The fourth-order valence-corrected chi connectivity index (χ4v) is 3.78. The Kier molecular flexibility index (Phi) is 6.90. The molecule has 2 aromatic rings. The van der Waals surface area contributed by atoms with E-state index in [2.05, 4.69) is 10.0 Å². The molecule has 2 aromatic carbocycles. The van der Waals surface area contributed by atoms with E-state index in [9.17, 15) is 13.2 Å². The second kappa shape index (κ2) is 8.93. The van der Waals surface area contributed by atoms with Crippen molar-refractivity contribution < 1.29 is 17.9 Å². The van der Waals surface area contributed by atoms with Crippen LogP contribution in [0.5, 0.6) is 0 Å². The van der Waals surface area contributed by atoms with E-state index in [0.29, 0.717) is 18.7 Å². The van der Waals surface area contributed by atoms with Gasteiger partial charge in [0.1, 0.15) is 0 Å². The summed E-state index contributed by atoms with van der Waals surface area (Å²) in [6.07, 6.45) is 0. The van der Waals surface area contributed by atoms with Crippen LogP contribution in [0.1, 0.15) is 35.3 Å². The Balaban J connectivity index is 2.13. The molecule has 0 aliphatic heterocycles. The molecule has 0 aromatic heterocycles. The van der Waals surface area contributed by atoms with Gasteiger partial charge in [0.05, 0.1) is 11.5 Å². The minimum atomic E-state index is -3.64. The minimum Gasteiger partial charge on any atom is -0.380 e. The van der Waals surface area contributed by atoms with Crippen LogP contribution in [0, 0.1) is 0 Å². The molecule has 0 spiro atoms. The van der Waals surface area contributed by atoms with Gasteiger partial charge >= 0.3 is 0 Å². The molecule has 0 unspecified atom stereocenters. The SMILES string of the molecule is COCc1ccccc1CNC(=O)c1cccc(S(=O)(=O)NC(C)C)c1. The molecule has 140 valence electrons. The molecule has 0 atom stereocenters. The number of carbonyl (C=O) groups excluding carboxylic acids is 1. The molecule has 7 heteroatoms. The average molecular weight is 376 g/mol. The summed E-state index contributed by atoms with van der Waals surface area (Å²) in [5.41, 5.74) is 2.24. The smallest absolute Gasteiger partial charge is 0.251 e. The van der Waals surface area contributed by atoms with Crippen molar-refractivity contribution in [1.29, 1.82) is 0 Å².